The molecule has 0 rings (SSSR count). The highest BCUT2D eigenvalue weighted by Gasteiger charge is 2.06. The van der Waals surface area contributed by atoms with Gasteiger partial charge < -0.3 is 5.73 Å². The fraction of sp³-hybridized carbons (Fsp3) is 0.750. The van der Waals surface area contributed by atoms with Crippen molar-refractivity contribution in [3.05, 3.63) is 12.2 Å². The van der Waals surface area contributed by atoms with Crippen molar-refractivity contribution in [1.29, 1.82) is 0 Å². The fourth-order valence-electron chi connectivity index (χ4n) is 0.761. The summed E-state index contributed by atoms with van der Waals surface area (Å²) >= 11 is 0. The summed E-state index contributed by atoms with van der Waals surface area (Å²) in [4.78, 5) is 0. The zero-order valence-electron chi connectivity index (χ0n) is 7.99. The van der Waals surface area contributed by atoms with Gasteiger partial charge in [-0.1, -0.05) is 25.5 Å². The molecule has 0 amide bonds. The SMILES string of the molecule is CCCCS(=O)(=O)NC/C=C/CN. The van der Waals surface area contributed by atoms with E-state index in [2.05, 4.69) is 4.72 Å². The molecule has 0 aliphatic rings. The number of sulfonamides is 1. The number of hydrogen-bond acceptors (Lipinski definition) is 3. The van der Waals surface area contributed by atoms with Gasteiger partial charge in [-0.05, 0) is 6.42 Å². The monoisotopic (exact) mass is 206 g/mol. The van der Waals surface area contributed by atoms with Gasteiger partial charge in [0.15, 0.2) is 0 Å². The highest BCUT2D eigenvalue weighted by molar-refractivity contribution is 7.89. The summed E-state index contributed by atoms with van der Waals surface area (Å²) in [5.74, 6) is 0.208. The van der Waals surface area contributed by atoms with Gasteiger partial charge in [-0.3, -0.25) is 0 Å². The quantitative estimate of drug-likeness (QED) is 0.585. The Morgan fingerprint density at radius 3 is 2.62 bits per heavy atom. The van der Waals surface area contributed by atoms with Crippen LogP contribution < -0.4 is 10.5 Å². The van der Waals surface area contributed by atoms with Crippen LogP contribution in [0.5, 0.6) is 0 Å². The van der Waals surface area contributed by atoms with Crippen LogP contribution in [-0.2, 0) is 10.0 Å². The Labute approximate surface area is 80.3 Å². The molecule has 0 atom stereocenters. The van der Waals surface area contributed by atoms with Crippen LogP contribution in [0.4, 0.5) is 0 Å². The van der Waals surface area contributed by atoms with E-state index in [-0.39, 0.29) is 5.75 Å². The van der Waals surface area contributed by atoms with E-state index in [4.69, 9.17) is 5.73 Å². The zero-order valence-corrected chi connectivity index (χ0v) is 8.81. The number of hydrogen-bond donors (Lipinski definition) is 2. The second kappa shape index (κ2) is 7.06. The molecule has 0 heterocycles. The summed E-state index contributed by atoms with van der Waals surface area (Å²) in [6.07, 6.45) is 5.03. The molecule has 4 nitrogen and oxygen atoms in total. The minimum absolute atomic E-state index is 0.208. The van der Waals surface area contributed by atoms with Crippen LogP contribution in [0, 0.1) is 0 Å². The first-order valence-corrected chi connectivity index (χ1v) is 6.10. The summed E-state index contributed by atoms with van der Waals surface area (Å²) in [5, 5.41) is 0. The maximum Gasteiger partial charge on any atom is 0.211 e. The summed E-state index contributed by atoms with van der Waals surface area (Å²) in [6, 6.07) is 0. The van der Waals surface area contributed by atoms with Crippen molar-refractivity contribution < 1.29 is 8.42 Å². The number of unbranched alkanes of at least 4 members (excludes halogenated alkanes) is 1. The largest absolute Gasteiger partial charge is 0.327 e. The van der Waals surface area contributed by atoms with Gasteiger partial charge in [0.2, 0.25) is 10.0 Å². The van der Waals surface area contributed by atoms with E-state index in [1.807, 2.05) is 6.92 Å². The molecule has 0 saturated heterocycles. The molecule has 5 heteroatoms. The smallest absolute Gasteiger partial charge is 0.211 e. The number of nitrogens with two attached hydrogens (primary N) is 1. The second-order valence-electron chi connectivity index (χ2n) is 2.73. The summed E-state index contributed by atoms with van der Waals surface area (Å²) in [5.41, 5.74) is 5.19. The topological polar surface area (TPSA) is 72.2 Å². The first-order valence-electron chi connectivity index (χ1n) is 4.44. The molecule has 0 aliphatic heterocycles. The maximum absolute atomic E-state index is 11.2. The van der Waals surface area contributed by atoms with Crippen LogP contribution >= 0.6 is 0 Å². The first kappa shape index (κ1) is 12.6. The third-order valence-electron chi connectivity index (χ3n) is 1.49. The molecular formula is C8H18N2O2S. The molecule has 0 aromatic rings. The Morgan fingerprint density at radius 1 is 1.38 bits per heavy atom. The molecule has 0 aliphatic carbocycles. The number of rotatable bonds is 7. The lowest BCUT2D eigenvalue weighted by Crippen LogP contribution is -2.26. The number of nitrogens with one attached hydrogen (secondary N) is 1. The molecule has 13 heavy (non-hydrogen) atoms. The minimum Gasteiger partial charge on any atom is -0.327 e. The van der Waals surface area contributed by atoms with Crippen molar-refractivity contribution in [1.82, 2.24) is 4.72 Å². The third kappa shape index (κ3) is 7.95. The van der Waals surface area contributed by atoms with Crippen molar-refractivity contribution >= 4 is 10.0 Å². The Bertz CT molecular complexity index is 235. The van der Waals surface area contributed by atoms with Crippen LogP contribution in [0.3, 0.4) is 0 Å². The average Bonchev–Trinajstić information content (AvgIpc) is 2.09. The van der Waals surface area contributed by atoms with Crippen LogP contribution in [0.2, 0.25) is 0 Å². The Morgan fingerprint density at radius 2 is 2.08 bits per heavy atom. The van der Waals surface area contributed by atoms with Crippen LogP contribution in [0.15, 0.2) is 12.2 Å². The second-order valence-corrected chi connectivity index (χ2v) is 4.65. The lowest BCUT2D eigenvalue weighted by atomic mass is 10.4. The Kier molecular flexibility index (Phi) is 6.84. The normalized spacial score (nSPS) is 12.5. The predicted molar refractivity (Wildman–Crippen MR) is 54.9 cm³/mol. The van der Waals surface area contributed by atoms with E-state index in [1.54, 1.807) is 12.2 Å². The summed E-state index contributed by atoms with van der Waals surface area (Å²) in [6.45, 7) is 2.74. The highest BCUT2D eigenvalue weighted by atomic mass is 32.2. The fourth-order valence-corrected chi connectivity index (χ4v) is 1.92. The molecule has 0 fully saturated rings. The molecule has 0 aromatic carbocycles. The van der Waals surface area contributed by atoms with E-state index in [9.17, 15) is 8.42 Å². The van der Waals surface area contributed by atoms with E-state index in [1.165, 1.54) is 0 Å². The summed E-state index contributed by atoms with van der Waals surface area (Å²) < 4.78 is 24.8. The van der Waals surface area contributed by atoms with Gasteiger partial charge in [0.05, 0.1) is 5.75 Å². The molecule has 0 aromatic heterocycles. The molecular weight excluding hydrogens is 188 g/mol. The Balaban J connectivity index is 3.70. The van der Waals surface area contributed by atoms with E-state index in [0.717, 1.165) is 6.42 Å². The Hall–Kier alpha value is -0.390. The van der Waals surface area contributed by atoms with Gasteiger partial charge in [-0.25, -0.2) is 13.1 Å². The van der Waals surface area contributed by atoms with Crippen molar-refractivity contribution in [2.24, 2.45) is 5.73 Å². The van der Waals surface area contributed by atoms with Gasteiger partial charge in [0, 0.05) is 13.1 Å². The molecule has 0 spiro atoms. The first-order chi connectivity index (χ1) is 6.12. The minimum atomic E-state index is -3.07. The van der Waals surface area contributed by atoms with Gasteiger partial charge in [-0.15, -0.1) is 0 Å². The standard InChI is InChI=1S/C8H18N2O2S/c1-2-3-8-13(11,12)10-7-5-4-6-9/h4-5,10H,2-3,6-9H2,1H3/b5-4+. The van der Waals surface area contributed by atoms with Crippen molar-refractivity contribution in [3.8, 4) is 0 Å². The van der Waals surface area contributed by atoms with E-state index in [0.29, 0.717) is 19.5 Å². The molecule has 78 valence electrons. The lowest BCUT2D eigenvalue weighted by Gasteiger charge is -2.02. The molecule has 0 bridgehead atoms. The molecule has 0 saturated carbocycles. The zero-order chi connectivity index (χ0) is 10.2. The molecule has 0 unspecified atom stereocenters. The van der Waals surface area contributed by atoms with Crippen LogP contribution in [-0.4, -0.2) is 27.3 Å². The van der Waals surface area contributed by atoms with Crippen LogP contribution in [0.1, 0.15) is 19.8 Å². The molecule has 0 radical (unpaired) electrons. The third-order valence-corrected chi connectivity index (χ3v) is 2.92. The van der Waals surface area contributed by atoms with Crippen molar-refractivity contribution in [2.45, 2.75) is 19.8 Å². The molecule has 3 N–H and O–H groups in total. The summed E-state index contributed by atoms with van der Waals surface area (Å²) in [7, 11) is -3.07. The van der Waals surface area contributed by atoms with E-state index < -0.39 is 10.0 Å². The van der Waals surface area contributed by atoms with Gasteiger partial charge >= 0.3 is 0 Å². The van der Waals surface area contributed by atoms with Gasteiger partial charge in [0.1, 0.15) is 0 Å². The van der Waals surface area contributed by atoms with Crippen molar-refractivity contribution in [2.75, 3.05) is 18.8 Å². The maximum atomic E-state index is 11.2. The van der Waals surface area contributed by atoms with Gasteiger partial charge in [-0.2, -0.15) is 0 Å². The van der Waals surface area contributed by atoms with Crippen molar-refractivity contribution in [3.63, 3.8) is 0 Å². The van der Waals surface area contributed by atoms with E-state index >= 15 is 0 Å². The predicted octanol–water partition coefficient (Wildman–Crippen LogP) is 0.221. The average molecular weight is 206 g/mol. The lowest BCUT2D eigenvalue weighted by molar-refractivity contribution is 0.582. The van der Waals surface area contributed by atoms with Gasteiger partial charge in [0.25, 0.3) is 0 Å². The van der Waals surface area contributed by atoms with Crippen LogP contribution in [0.25, 0.3) is 0 Å². The highest BCUT2D eigenvalue weighted by Crippen LogP contribution is 1.92.